The second-order valence-corrected chi connectivity index (χ2v) is 12.3. The fourth-order valence-electron chi connectivity index (χ4n) is 5.10. The van der Waals surface area contributed by atoms with E-state index in [1.165, 1.54) is 28.1 Å². The van der Waals surface area contributed by atoms with Crippen LogP contribution in [0.1, 0.15) is 17.5 Å². The molecule has 0 amide bonds. The molecule has 43 heavy (non-hydrogen) atoms. The highest BCUT2D eigenvalue weighted by Crippen LogP contribution is 2.43. The first-order chi connectivity index (χ1) is 20.9. The number of halogens is 1. The predicted octanol–water partition coefficient (Wildman–Crippen LogP) is 4.28. The standard InChI is InChI=1S/C29H30ClN7O4S2/c1-38-26-24(37(33)13-18(31)20-15-42-29(32)36-20)25-21(14-39-27(41-25)16-7-3-2-4-8-16)40-28(26)43-22-11-17(30)12-35-23(22)19-9-5-6-10-34-19/h2-13,15,21,24-28H,14,31,33H2,1H3,(H2,32,36)/b18-13-. The highest BCUT2D eigenvalue weighted by molar-refractivity contribution is 8.00. The van der Waals surface area contributed by atoms with Crippen molar-refractivity contribution in [3.63, 3.8) is 0 Å². The largest absolute Gasteiger partial charge is 0.396 e. The van der Waals surface area contributed by atoms with Crippen LogP contribution in [0.3, 0.4) is 0 Å². The van der Waals surface area contributed by atoms with Crippen molar-refractivity contribution in [2.45, 2.75) is 41.0 Å². The molecule has 2 saturated heterocycles. The number of hydrazine groups is 1. The molecular weight excluding hydrogens is 610 g/mol. The number of nitrogens with zero attached hydrogens (tertiary/aromatic N) is 4. The van der Waals surface area contributed by atoms with Gasteiger partial charge in [-0.1, -0.05) is 59.8 Å². The van der Waals surface area contributed by atoms with Gasteiger partial charge in [-0.3, -0.25) is 9.97 Å². The number of anilines is 1. The number of nitrogen functional groups attached to an aromatic ring is 1. The van der Waals surface area contributed by atoms with Crippen LogP contribution < -0.4 is 17.3 Å². The topological polar surface area (TPSA) is 157 Å². The smallest absolute Gasteiger partial charge is 0.184 e. The predicted molar refractivity (Wildman–Crippen MR) is 166 cm³/mol. The molecule has 4 aromatic rings. The van der Waals surface area contributed by atoms with E-state index in [0.717, 1.165) is 10.5 Å². The Hall–Kier alpha value is -3.27. The van der Waals surface area contributed by atoms with E-state index in [0.29, 0.717) is 32.9 Å². The first-order valence-corrected chi connectivity index (χ1v) is 15.5. The van der Waals surface area contributed by atoms with Crippen LogP contribution in [0.15, 0.2) is 83.5 Å². The Bertz CT molecular complexity index is 1560. The van der Waals surface area contributed by atoms with Gasteiger partial charge in [0, 0.05) is 41.5 Å². The van der Waals surface area contributed by atoms with E-state index >= 15 is 0 Å². The van der Waals surface area contributed by atoms with Gasteiger partial charge in [-0.05, 0) is 18.2 Å². The fourth-order valence-corrected chi connectivity index (χ4v) is 7.21. The Morgan fingerprint density at radius 2 is 1.98 bits per heavy atom. The number of pyridine rings is 2. The molecule has 6 N–H and O–H groups in total. The summed E-state index contributed by atoms with van der Waals surface area (Å²) >= 11 is 9.11. The van der Waals surface area contributed by atoms with Crippen molar-refractivity contribution in [1.29, 1.82) is 0 Å². The highest BCUT2D eigenvalue weighted by atomic mass is 35.5. The van der Waals surface area contributed by atoms with E-state index in [2.05, 4.69) is 15.0 Å². The number of thiazole rings is 1. The lowest BCUT2D eigenvalue weighted by molar-refractivity contribution is -0.309. The normalized spacial score (nSPS) is 25.7. The van der Waals surface area contributed by atoms with Gasteiger partial charge in [0.15, 0.2) is 11.4 Å². The van der Waals surface area contributed by atoms with E-state index in [1.807, 2.05) is 54.6 Å². The number of nitrogens with two attached hydrogens (primary N) is 3. The number of methoxy groups -OCH3 is 1. The van der Waals surface area contributed by atoms with E-state index in [1.54, 1.807) is 31.1 Å². The number of hydrogen-bond acceptors (Lipinski definition) is 13. The van der Waals surface area contributed by atoms with E-state index < -0.39 is 36.1 Å². The molecule has 224 valence electrons. The minimum atomic E-state index is -0.615. The van der Waals surface area contributed by atoms with Crippen molar-refractivity contribution < 1.29 is 18.9 Å². The second-order valence-electron chi connectivity index (χ2n) is 9.85. The maximum Gasteiger partial charge on any atom is 0.184 e. The molecule has 0 saturated carbocycles. The van der Waals surface area contributed by atoms with Crippen LogP contribution in [-0.4, -0.2) is 63.5 Å². The lowest BCUT2D eigenvalue weighted by Gasteiger charge is -2.51. The van der Waals surface area contributed by atoms with Gasteiger partial charge in [-0.15, -0.1) is 11.3 Å². The van der Waals surface area contributed by atoms with Gasteiger partial charge in [0.25, 0.3) is 0 Å². The summed E-state index contributed by atoms with van der Waals surface area (Å²) in [4.78, 5) is 14.1. The third-order valence-corrected chi connectivity index (χ3v) is 9.13. The number of ether oxygens (including phenoxy) is 4. The minimum absolute atomic E-state index is 0.269. The molecule has 2 aliphatic rings. The fraction of sp³-hybridized carbons (Fsp3) is 0.276. The summed E-state index contributed by atoms with van der Waals surface area (Å²) in [5, 5.41) is 4.17. The third kappa shape index (κ3) is 6.49. The van der Waals surface area contributed by atoms with Gasteiger partial charge >= 0.3 is 0 Å². The van der Waals surface area contributed by atoms with Crippen LogP contribution in [0.25, 0.3) is 17.1 Å². The number of hydrogen-bond donors (Lipinski definition) is 3. The van der Waals surface area contributed by atoms with Crippen molar-refractivity contribution in [1.82, 2.24) is 20.0 Å². The number of fused-ring (bicyclic) bond motifs is 1. The molecule has 6 unspecified atom stereocenters. The zero-order valence-electron chi connectivity index (χ0n) is 23.0. The maximum atomic E-state index is 6.76. The highest BCUT2D eigenvalue weighted by Gasteiger charge is 2.52. The minimum Gasteiger partial charge on any atom is -0.396 e. The molecule has 0 radical (unpaired) electrons. The Labute approximate surface area is 261 Å². The zero-order chi connectivity index (χ0) is 29.9. The third-order valence-electron chi connectivity index (χ3n) is 7.07. The molecule has 14 heteroatoms. The van der Waals surface area contributed by atoms with E-state index in [4.69, 9.17) is 47.9 Å². The molecule has 5 heterocycles. The Kier molecular flexibility index (Phi) is 9.12. The van der Waals surface area contributed by atoms with Crippen LogP contribution in [0.4, 0.5) is 5.13 Å². The van der Waals surface area contributed by atoms with Gasteiger partial charge in [0.1, 0.15) is 41.2 Å². The number of aromatic nitrogens is 3. The van der Waals surface area contributed by atoms with Crippen molar-refractivity contribution in [3.8, 4) is 11.4 Å². The average molecular weight is 640 g/mol. The van der Waals surface area contributed by atoms with E-state index in [-0.39, 0.29) is 6.61 Å². The van der Waals surface area contributed by atoms with Crippen LogP contribution >= 0.6 is 34.7 Å². The van der Waals surface area contributed by atoms with Crippen LogP contribution in [0.2, 0.25) is 5.02 Å². The summed E-state index contributed by atoms with van der Waals surface area (Å²) in [6.45, 7) is 0.269. The van der Waals surface area contributed by atoms with Crippen LogP contribution in [0.5, 0.6) is 0 Å². The van der Waals surface area contributed by atoms with Crippen molar-refractivity contribution >= 4 is 45.5 Å². The summed E-state index contributed by atoms with van der Waals surface area (Å²) in [6.07, 6.45) is 2.71. The number of rotatable bonds is 8. The molecular formula is C29H30ClN7O4S2. The van der Waals surface area contributed by atoms with Gasteiger partial charge < -0.3 is 35.4 Å². The second kappa shape index (κ2) is 13.2. The van der Waals surface area contributed by atoms with Crippen molar-refractivity contribution in [2.75, 3.05) is 19.5 Å². The van der Waals surface area contributed by atoms with E-state index in [9.17, 15) is 0 Å². The molecule has 3 aromatic heterocycles. The van der Waals surface area contributed by atoms with Crippen molar-refractivity contribution in [2.24, 2.45) is 11.6 Å². The molecule has 11 nitrogen and oxygen atoms in total. The summed E-state index contributed by atoms with van der Waals surface area (Å²) in [5.74, 6) is 6.76. The molecule has 1 aromatic carbocycles. The SMILES string of the molecule is COC1C(Sc2cc(Cl)cnc2-c2ccccn2)OC2COC(c3ccccc3)OC2C1N(N)/C=C(\N)c1csc(N)n1. The molecule has 0 spiro atoms. The Morgan fingerprint density at radius 3 is 2.70 bits per heavy atom. The van der Waals surface area contributed by atoms with Crippen molar-refractivity contribution in [3.05, 3.63) is 94.9 Å². The van der Waals surface area contributed by atoms with Crippen LogP contribution in [-0.2, 0) is 18.9 Å². The summed E-state index contributed by atoms with van der Waals surface area (Å²) in [6, 6.07) is 16.6. The van der Waals surface area contributed by atoms with Gasteiger partial charge in [-0.2, -0.15) is 0 Å². The molecule has 2 fully saturated rings. The van der Waals surface area contributed by atoms with Gasteiger partial charge in [0.05, 0.1) is 23.0 Å². The summed E-state index contributed by atoms with van der Waals surface area (Å²) in [7, 11) is 1.61. The quantitative estimate of drug-likeness (QED) is 0.186. The van der Waals surface area contributed by atoms with Gasteiger partial charge in [-0.25, -0.2) is 10.8 Å². The van der Waals surface area contributed by atoms with Gasteiger partial charge in [0.2, 0.25) is 0 Å². The molecule has 0 aliphatic carbocycles. The van der Waals surface area contributed by atoms with Crippen LogP contribution in [0, 0.1) is 0 Å². The number of benzene rings is 1. The Morgan fingerprint density at radius 1 is 1.16 bits per heavy atom. The number of thioether (sulfide) groups is 1. The lowest BCUT2D eigenvalue weighted by Crippen LogP contribution is -2.67. The first kappa shape index (κ1) is 29.8. The Balaban J connectivity index is 1.35. The molecule has 0 bridgehead atoms. The molecule has 2 aliphatic heterocycles. The lowest BCUT2D eigenvalue weighted by atomic mass is 9.95. The zero-order valence-corrected chi connectivity index (χ0v) is 25.4. The average Bonchev–Trinajstić information content (AvgIpc) is 3.47. The summed E-state index contributed by atoms with van der Waals surface area (Å²) < 4.78 is 25.4. The maximum absolute atomic E-state index is 6.76. The molecule has 6 rings (SSSR count). The summed E-state index contributed by atoms with van der Waals surface area (Å²) in [5.41, 5.74) is 14.8. The first-order valence-electron chi connectivity index (χ1n) is 13.4. The molecule has 6 atom stereocenters. The monoisotopic (exact) mass is 639 g/mol.